The maximum Gasteiger partial charge on any atom is 0.121 e. The van der Waals surface area contributed by atoms with E-state index < -0.39 is 0 Å². The van der Waals surface area contributed by atoms with E-state index in [1.807, 2.05) is 30.3 Å². The van der Waals surface area contributed by atoms with E-state index >= 15 is 0 Å². The minimum atomic E-state index is 0. The first kappa shape index (κ1) is 15.7. The molecule has 0 saturated carbocycles. The van der Waals surface area contributed by atoms with Crippen molar-refractivity contribution in [2.45, 2.75) is 6.92 Å². The number of aromatic nitrogens is 1. The molecule has 0 radical (unpaired) electrons. The van der Waals surface area contributed by atoms with Gasteiger partial charge in [0.25, 0.3) is 0 Å². The Balaban J connectivity index is 0.00000156. The molecule has 0 aliphatic rings. The molecule has 0 aliphatic carbocycles. The van der Waals surface area contributed by atoms with E-state index in [1.165, 1.54) is 5.56 Å². The van der Waals surface area contributed by atoms with E-state index in [4.69, 9.17) is 4.98 Å². The van der Waals surface area contributed by atoms with Gasteiger partial charge in [0.2, 0.25) is 0 Å². The summed E-state index contributed by atoms with van der Waals surface area (Å²) in [4.78, 5) is 4.79. The van der Waals surface area contributed by atoms with Crippen LogP contribution in [0, 0.1) is 13.0 Å². The summed E-state index contributed by atoms with van der Waals surface area (Å²) in [6.07, 6.45) is 0. The smallest absolute Gasteiger partial charge is 0.121 e. The number of pyridine rings is 1. The van der Waals surface area contributed by atoms with Gasteiger partial charge in [-0.15, -0.1) is 35.0 Å². The molecule has 0 spiro atoms. The molecule has 23 heavy (non-hydrogen) atoms. The van der Waals surface area contributed by atoms with E-state index in [-0.39, 0.29) is 21.1 Å². The van der Waals surface area contributed by atoms with Crippen molar-refractivity contribution in [1.82, 2.24) is 4.98 Å². The van der Waals surface area contributed by atoms with Crippen molar-refractivity contribution < 1.29 is 21.1 Å². The molecule has 0 aliphatic heterocycles. The SMILES string of the molecule is Cc1cccc(Nc2ccc3ccc4ccc[c-]c4c3n2)c1.[Pt]. The zero-order valence-electron chi connectivity index (χ0n) is 12.6. The molecule has 1 aromatic heterocycles. The predicted molar refractivity (Wildman–Crippen MR) is 92.5 cm³/mol. The largest absolute Gasteiger partial charge is 0.341 e. The molecule has 1 N–H and O–H groups in total. The van der Waals surface area contributed by atoms with E-state index in [2.05, 4.69) is 54.7 Å². The fraction of sp³-hybridized carbons (Fsp3) is 0.0500. The summed E-state index contributed by atoms with van der Waals surface area (Å²) in [6, 6.07) is 26.0. The molecule has 0 unspecified atom stereocenters. The van der Waals surface area contributed by atoms with Gasteiger partial charge in [0, 0.05) is 26.8 Å². The number of hydrogen-bond donors (Lipinski definition) is 1. The molecule has 2 nitrogen and oxygen atoms in total. The van der Waals surface area contributed by atoms with E-state index in [9.17, 15) is 0 Å². The first-order valence-corrected chi connectivity index (χ1v) is 7.33. The van der Waals surface area contributed by atoms with Gasteiger partial charge in [-0.05, 0) is 41.6 Å². The maximum absolute atomic E-state index is 4.79. The summed E-state index contributed by atoms with van der Waals surface area (Å²) >= 11 is 0. The Hall–Kier alpha value is -2.18. The van der Waals surface area contributed by atoms with Crippen LogP contribution in [0.15, 0.2) is 66.7 Å². The normalized spacial score (nSPS) is 10.5. The van der Waals surface area contributed by atoms with Crippen LogP contribution in [-0.4, -0.2) is 4.98 Å². The molecule has 4 rings (SSSR count). The summed E-state index contributed by atoms with van der Waals surface area (Å²) in [5.41, 5.74) is 3.26. The second-order valence-corrected chi connectivity index (χ2v) is 5.46. The summed E-state index contributed by atoms with van der Waals surface area (Å²) in [5, 5.41) is 6.73. The minimum Gasteiger partial charge on any atom is -0.341 e. The van der Waals surface area contributed by atoms with Crippen LogP contribution in [-0.2, 0) is 21.1 Å². The van der Waals surface area contributed by atoms with E-state index in [0.717, 1.165) is 33.2 Å². The molecule has 3 aromatic carbocycles. The molecule has 4 aromatic rings. The Labute approximate surface area is 149 Å². The van der Waals surface area contributed by atoms with Crippen LogP contribution < -0.4 is 5.32 Å². The van der Waals surface area contributed by atoms with Crippen LogP contribution in [0.5, 0.6) is 0 Å². The number of fused-ring (bicyclic) bond motifs is 3. The van der Waals surface area contributed by atoms with Gasteiger partial charge in [-0.25, -0.2) is 0 Å². The summed E-state index contributed by atoms with van der Waals surface area (Å²) in [7, 11) is 0. The average molecular weight is 478 g/mol. The van der Waals surface area contributed by atoms with Gasteiger partial charge in [0.05, 0.1) is 0 Å². The van der Waals surface area contributed by atoms with Crippen molar-refractivity contribution in [3.05, 3.63) is 78.4 Å². The van der Waals surface area contributed by atoms with E-state index in [0.29, 0.717) is 0 Å². The number of nitrogens with one attached hydrogen (secondary N) is 1. The van der Waals surface area contributed by atoms with Crippen LogP contribution in [0.2, 0.25) is 0 Å². The molecule has 0 saturated heterocycles. The first-order chi connectivity index (χ1) is 10.8. The molecular formula is C20H15N2Pt-. The average Bonchev–Trinajstić information content (AvgIpc) is 2.55. The van der Waals surface area contributed by atoms with Crippen LogP contribution in [0.25, 0.3) is 21.7 Å². The van der Waals surface area contributed by atoms with Gasteiger partial charge >= 0.3 is 0 Å². The number of hydrogen-bond acceptors (Lipinski definition) is 2. The summed E-state index contributed by atoms with van der Waals surface area (Å²) in [6.45, 7) is 2.08. The van der Waals surface area contributed by atoms with Crippen LogP contribution in [0.4, 0.5) is 11.5 Å². The van der Waals surface area contributed by atoms with Crippen molar-refractivity contribution in [3.8, 4) is 0 Å². The van der Waals surface area contributed by atoms with Gasteiger partial charge in [-0.1, -0.05) is 30.3 Å². The molecule has 3 heteroatoms. The number of rotatable bonds is 2. The van der Waals surface area contributed by atoms with Crippen LogP contribution in [0.1, 0.15) is 5.56 Å². The quantitative estimate of drug-likeness (QED) is 0.315. The molecule has 116 valence electrons. The van der Waals surface area contributed by atoms with Gasteiger partial charge < -0.3 is 5.32 Å². The topological polar surface area (TPSA) is 24.9 Å². The number of nitrogens with zero attached hydrogens (tertiary/aromatic N) is 1. The van der Waals surface area contributed by atoms with Crippen molar-refractivity contribution in [1.29, 1.82) is 0 Å². The van der Waals surface area contributed by atoms with Crippen molar-refractivity contribution >= 4 is 33.2 Å². The van der Waals surface area contributed by atoms with Crippen molar-refractivity contribution in [2.24, 2.45) is 0 Å². The summed E-state index contributed by atoms with van der Waals surface area (Å²) < 4.78 is 0. The van der Waals surface area contributed by atoms with Crippen molar-refractivity contribution in [2.75, 3.05) is 5.32 Å². The fourth-order valence-corrected chi connectivity index (χ4v) is 2.72. The Morgan fingerprint density at radius 1 is 0.913 bits per heavy atom. The fourth-order valence-electron chi connectivity index (χ4n) is 2.72. The molecule has 0 bridgehead atoms. The zero-order valence-corrected chi connectivity index (χ0v) is 14.9. The van der Waals surface area contributed by atoms with Gasteiger partial charge in [0.1, 0.15) is 5.82 Å². The summed E-state index contributed by atoms with van der Waals surface area (Å²) in [5.74, 6) is 0.850. The van der Waals surface area contributed by atoms with Gasteiger partial charge in [-0.3, -0.25) is 4.98 Å². The monoisotopic (exact) mass is 478 g/mol. The minimum absolute atomic E-state index is 0. The first-order valence-electron chi connectivity index (χ1n) is 7.33. The Kier molecular flexibility index (Phi) is 4.45. The van der Waals surface area contributed by atoms with E-state index in [1.54, 1.807) is 0 Å². The van der Waals surface area contributed by atoms with Crippen LogP contribution >= 0.6 is 0 Å². The maximum atomic E-state index is 4.79. The molecule has 1 heterocycles. The second-order valence-electron chi connectivity index (χ2n) is 5.46. The third-order valence-electron chi connectivity index (χ3n) is 3.78. The van der Waals surface area contributed by atoms with Crippen molar-refractivity contribution in [3.63, 3.8) is 0 Å². The molecular weight excluding hydrogens is 463 g/mol. The second kappa shape index (κ2) is 6.52. The molecule has 0 amide bonds. The Morgan fingerprint density at radius 2 is 1.74 bits per heavy atom. The zero-order chi connectivity index (χ0) is 14.9. The standard InChI is InChI=1S/C20H15N2.Pt/c1-14-5-4-7-17(13-14)21-19-12-11-16-10-9-15-6-2-3-8-18(15)20(16)22-19;/h2-7,9-13H,1H3,(H,21,22);/q-1;. The Morgan fingerprint density at radius 3 is 2.61 bits per heavy atom. The van der Waals surface area contributed by atoms with Crippen LogP contribution in [0.3, 0.4) is 0 Å². The predicted octanol–water partition coefficient (Wildman–Crippen LogP) is 5.24. The third kappa shape index (κ3) is 3.13. The number of benzene rings is 3. The number of anilines is 2. The Bertz CT molecular complexity index is 979. The molecule has 0 atom stereocenters. The number of aryl methyl sites for hydroxylation is 1. The third-order valence-corrected chi connectivity index (χ3v) is 3.78. The van der Waals surface area contributed by atoms with Gasteiger partial charge in [0.15, 0.2) is 0 Å². The van der Waals surface area contributed by atoms with Gasteiger partial charge in [-0.2, -0.15) is 0 Å². The molecule has 0 fully saturated rings.